The Morgan fingerprint density at radius 2 is 2.05 bits per heavy atom. The molecule has 0 saturated carbocycles. The molecule has 3 rings (SSSR count). The molecular weight excluding hydrogens is 254 g/mol. The third-order valence-corrected chi connectivity index (χ3v) is 3.34. The molecule has 1 saturated heterocycles. The molecule has 0 amide bonds. The van der Waals surface area contributed by atoms with Gasteiger partial charge in [0.1, 0.15) is 6.10 Å². The zero-order valence-electron chi connectivity index (χ0n) is 11.7. The second kappa shape index (κ2) is 4.92. The van der Waals surface area contributed by atoms with E-state index in [1.54, 1.807) is 0 Å². The van der Waals surface area contributed by atoms with Crippen molar-refractivity contribution in [2.24, 2.45) is 0 Å². The number of hydrogen-bond donors (Lipinski definition) is 1. The molecule has 1 atom stereocenters. The lowest BCUT2D eigenvalue weighted by molar-refractivity contribution is -0.139. The van der Waals surface area contributed by atoms with Gasteiger partial charge in [-0.05, 0) is 31.5 Å². The van der Waals surface area contributed by atoms with E-state index in [2.05, 4.69) is 5.10 Å². The van der Waals surface area contributed by atoms with E-state index in [-0.39, 0.29) is 6.10 Å². The highest BCUT2D eigenvalue weighted by Crippen LogP contribution is 2.24. The summed E-state index contributed by atoms with van der Waals surface area (Å²) in [5.74, 6) is -0.488. The summed E-state index contributed by atoms with van der Waals surface area (Å²) in [6, 6.07) is 7.77. The molecule has 5 heteroatoms. The Morgan fingerprint density at radius 3 is 2.70 bits per heavy atom. The van der Waals surface area contributed by atoms with E-state index in [1.807, 2.05) is 55.2 Å². The predicted octanol–water partition coefficient (Wildman–Crippen LogP) is 2.28. The first kappa shape index (κ1) is 13.1. The van der Waals surface area contributed by atoms with E-state index in [4.69, 9.17) is 15.2 Å². The van der Waals surface area contributed by atoms with Crippen molar-refractivity contribution in [2.45, 2.75) is 32.3 Å². The monoisotopic (exact) mass is 273 g/mol. The van der Waals surface area contributed by atoms with Crippen molar-refractivity contribution < 1.29 is 9.47 Å². The van der Waals surface area contributed by atoms with Crippen molar-refractivity contribution >= 4 is 5.69 Å². The maximum absolute atomic E-state index is 5.78. The Hall–Kier alpha value is -1.85. The van der Waals surface area contributed by atoms with Gasteiger partial charge in [-0.1, -0.05) is 12.1 Å². The van der Waals surface area contributed by atoms with Gasteiger partial charge in [-0.15, -0.1) is 0 Å². The van der Waals surface area contributed by atoms with Crippen molar-refractivity contribution in [3.8, 4) is 11.1 Å². The molecule has 0 aliphatic carbocycles. The molecule has 0 radical (unpaired) electrons. The minimum absolute atomic E-state index is 0.0455. The first-order chi connectivity index (χ1) is 9.52. The molecule has 1 aromatic carbocycles. The summed E-state index contributed by atoms with van der Waals surface area (Å²) in [7, 11) is 0. The van der Waals surface area contributed by atoms with E-state index in [9.17, 15) is 0 Å². The average Bonchev–Trinajstić information content (AvgIpc) is 2.98. The molecule has 0 spiro atoms. The maximum atomic E-state index is 5.78. The Kier molecular flexibility index (Phi) is 3.23. The summed E-state index contributed by atoms with van der Waals surface area (Å²) >= 11 is 0. The van der Waals surface area contributed by atoms with Gasteiger partial charge in [0, 0.05) is 17.4 Å². The van der Waals surface area contributed by atoms with E-state index in [1.165, 1.54) is 0 Å². The van der Waals surface area contributed by atoms with Gasteiger partial charge in [-0.2, -0.15) is 5.10 Å². The van der Waals surface area contributed by atoms with E-state index in [0.717, 1.165) is 16.8 Å². The summed E-state index contributed by atoms with van der Waals surface area (Å²) in [4.78, 5) is 0. The molecule has 0 unspecified atom stereocenters. The molecule has 1 aliphatic heterocycles. The molecule has 1 aromatic heterocycles. The molecule has 1 aliphatic rings. The first-order valence-electron chi connectivity index (χ1n) is 6.72. The van der Waals surface area contributed by atoms with Crippen LogP contribution in [0.25, 0.3) is 11.1 Å². The third kappa shape index (κ3) is 2.84. The normalized spacial score (nSPS) is 21.2. The summed E-state index contributed by atoms with van der Waals surface area (Å²) < 4.78 is 13.2. The highest BCUT2D eigenvalue weighted by atomic mass is 16.7. The van der Waals surface area contributed by atoms with Crippen molar-refractivity contribution in [3.63, 3.8) is 0 Å². The average molecular weight is 273 g/mol. The Bertz CT molecular complexity index is 589. The number of nitrogen functional groups attached to an aromatic ring is 1. The SMILES string of the molecule is CC1(C)OC[C@@H](Cn2cc(-c3ccc(N)cc3)cn2)O1. The third-order valence-electron chi connectivity index (χ3n) is 3.34. The van der Waals surface area contributed by atoms with Crippen LogP contribution >= 0.6 is 0 Å². The van der Waals surface area contributed by atoms with Gasteiger partial charge in [0.15, 0.2) is 5.79 Å². The highest BCUT2D eigenvalue weighted by Gasteiger charge is 2.32. The minimum Gasteiger partial charge on any atom is -0.399 e. The van der Waals surface area contributed by atoms with Gasteiger partial charge in [0.05, 0.1) is 19.3 Å². The standard InChI is InChI=1S/C15H19N3O2/c1-15(2)19-10-14(20-15)9-18-8-12(7-17-18)11-3-5-13(16)6-4-11/h3-8,14H,9-10,16H2,1-2H3/t14-/m1/s1. The number of benzene rings is 1. The maximum Gasteiger partial charge on any atom is 0.163 e. The van der Waals surface area contributed by atoms with Crippen LogP contribution in [0.3, 0.4) is 0 Å². The topological polar surface area (TPSA) is 62.3 Å². The zero-order valence-corrected chi connectivity index (χ0v) is 11.7. The Balaban J connectivity index is 1.70. The van der Waals surface area contributed by atoms with Gasteiger partial charge in [-0.3, -0.25) is 4.68 Å². The molecule has 0 bridgehead atoms. The van der Waals surface area contributed by atoms with Crippen LogP contribution in [0.1, 0.15) is 13.8 Å². The van der Waals surface area contributed by atoms with Crippen molar-refractivity contribution in [1.29, 1.82) is 0 Å². The predicted molar refractivity (Wildman–Crippen MR) is 77.0 cm³/mol. The second-order valence-electron chi connectivity index (χ2n) is 5.52. The van der Waals surface area contributed by atoms with Gasteiger partial charge in [0.25, 0.3) is 0 Å². The molecule has 106 valence electrons. The molecule has 1 fully saturated rings. The number of rotatable bonds is 3. The fraction of sp³-hybridized carbons (Fsp3) is 0.400. The lowest BCUT2D eigenvalue weighted by Crippen LogP contribution is -2.24. The fourth-order valence-electron chi connectivity index (χ4n) is 2.35. The van der Waals surface area contributed by atoms with Crippen LogP contribution < -0.4 is 5.73 Å². The number of nitrogens with zero attached hydrogens (tertiary/aromatic N) is 2. The van der Waals surface area contributed by atoms with Gasteiger partial charge in [-0.25, -0.2) is 0 Å². The molecule has 2 N–H and O–H groups in total. The Labute approximate surface area is 118 Å². The molecular formula is C15H19N3O2. The lowest BCUT2D eigenvalue weighted by Gasteiger charge is -2.16. The van der Waals surface area contributed by atoms with Gasteiger partial charge < -0.3 is 15.2 Å². The molecule has 20 heavy (non-hydrogen) atoms. The molecule has 2 aromatic rings. The number of hydrogen-bond acceptors (Lipinski definition) is 4. The highest BCUT2D eigenvalue weighted by molar-refractivity contribution is 5.63. The first-order valence-corrected chi connectivity index (χ1v) is 6.72. The number of ether oxygens (including phenoxy) is 2. The number of aromatic nitrogens is 2. The zero-order chi connectivity index (χ0) is 14.2. The van der Waals surface area contributed by atoms with Crippen molar-refractivity contribution in [2.75, 3.05) is 12.3 Å². The lowest BCUT2D eigenvalue weighted by atomic mass is 10.1. The van der Waals surface area contributed by atoms with Crippen LogP contribution in [-0.2, 0) is 16.0 Å². The van der Waals surface area contributed by atoms with Gasteiger partial charge >= 0.3 is 0 Å². The minimum atomic E-state index is -0.488. The van der Waals surface area contributed by atoms with Crippen LogP contribution in [0.2, 0.25) is 0 Å². The number of anilines is 1. The van der Waals surface area contributed by atoms with Crippen LogP contribution in [0, 0.1) is 0 Å². The largest absolute Gasteiger partial charge is 0.399 e. The van der Waals surface area contributed by atoms with Crippen molar-refractivity contribution in [3.05, 3.63) is 36.7 Å². The summed E-state index contributed by atoms with van der Waals surface area (Å²) in [5.41, 5.74) is 8.64. The number of nitrogens with two attached hydrogens (primary N) is 1. The Morgan fingerprint density at radius 1 is 1.30 bits per heavy atom. The smallest absolute Gasteiger partial charge is 0.163 e. The summed E-state index contributed by atoms with van der Waals surface area (Å²) in [6.07, 6.45) is 3.91. The van der Waals surface area contributed by atoms with Crippen LogP contribution in [0.5, 0.6) is 0 Å². The summed E-state index contributed by atoms with van der Waals surface area (Å²) in [5, 5.41) is 4.38. The van der Waals surface area contributed by atoms with E-state index < -0.39 is 5.79 Å². The fourth-order valence-corrected chi connectivity index (χ4v) is 2.35. The second-order valence-corrected chi connectivity index (χ2v) is 5.52. The summed E-state index contributed by atoms with van der Waals surface area (Å²) in [6.45, 7) is 5.15. The van der Waals surface area contributed by atoms with E-state index in [0.29, 0.717) is 13.2 Å². The van der Waals surface area contributed by atoms with Gasteiger partial charge in [0.2, 0.25) is 0 Å². The molecule has 2 heterocycles. The quantitative estimate of drug-likeness (QED) is 0.871. The van der Waals surface area contributed by atoms with Crippen LogP contribution in [-0.4, -0.2) is 28.3 Å². The van der Waals surface area contributed by atoms with Crippen molar-refractivity contribution in [1.82, 2.24) is 9.78 Å². The molecule has 5 nitrogen and oxygen atoms in total. The van der Waals surface area contributed by atoms with E-state index >= 15 is 0 Å². The van der Waals surface area contributed by atoms with Crippen LogP contribution in [0.15, 0.2) is 36.7 Å². The van der Waals surface area contributed by atoms with Crippen LogP contribution in [0.4, 0.5) is 5.69 Å².